The highest BCUT2D eigenvalue weighted by Crippen LogP contribution is 2.13. The Hall–Kier alpha value is -0.780. The van der Waals surface area contributed by atoms with Crippen LogP contribution < -0.4 is 10.6 Å². The number of aryl methyl sites for hydroxylation is 1. The predicted molar refractivity (Wildman–Crippen MR) is 84.7 cm³/mol. The van der Waals surface area contributed by atoms with Crippen LogP contribution in [0.2, 0.25) is 0 Å². The number of amides is 1. The zero-order valence-corrected chi connectivity index (χ0v) is 13.4. The minimum absolute atomic E-state index is 0. The lowest BCUT2D eigenvalue weighted by Gasteiger charge is -2.09. The molecule has 0 aliphatic carbocycles. The van der Waals surface area contributed by atoms with Crippen LogP contribution in [0.4, 0.5) is 0 Å². The van der Waals surface area contributed by atoms with E-state index in [1.807, 2.05) is 17.7 Å². The second-order valence-electron chi connectivity index (χ2n) is 4.92. The summed E-state index contributed by atoms with van der Waals surface area (Å²) >= 11 is 0. The molecule has 1 saturated heterocycles. The highest BCUT2D eigenvalue weighted by Gasteiger charge is 2.15. The van der Waals surface area contributed by atoms with E-state index in [0.717, 1.165) is 31.9 Å². The van der Waals surface area contributed by atoms with Crippen molar-refractivity contribution >= 4 is 30.7 Å². The summed E-state index contributed by atoms with van der Waals surface area (Å²) in [6.07, 6.45) is 6.58. The van der Waals surface area contributed by atoms with E-state index < -0.39 is 0 Å². The first-order valence-electron chi connectivity index (χ1n) is 6.71. The Balaban J connectivity index is 0.00000180. The Kier molecular flexibility index (Phi) is 9.63. The second-order valence-corrected chi connectivity index (χ2v) is 4.92. The molecule has 2 N–H and O–H groups in total. The Morgan fingerprint density at radius 2 is 2.35 bits per heavy atom. The maximum absolute atomic E-state index is 11.7. The second kappa shape index (κ2) is 10.0. The van der Waals surface area contributed by atoms with Gasteiger partial charge in [0.15, 0.2) is 0 Å². The maximum Gasteiger partial charge on any atom is 0.220 e. The molecule has 20 heavy (non-hydrogen) atoms. The first-order valence-corrected chi connectivity index (χ1v) is 6.71. The van der Waals surface area contributed by atoms with Crippen molar-refractivity contribution in [1.29, 1.82) is 0 Å². The number of rotatable bonds is 6. The van der Waals surface area contributed by atoms with E-state index in [-0.39, 0.29) is 30.7 Å². The number of aromatic nitrogens is 2. The fraction of sp³-hybridized carbons (Fsp3) is 0.692. The molecule has 2 rings (SSSR count). The zero-order valence-electron chi connectivity index (χ0n) is 11.8. The van der Waals surface area contributed by atoms with E-state index in [1.165, 1.54) is 6.42 Å². The molecule has 1 aromatic rings. The third-order valence-corrected chi connectivity index (χ3v) is 3.54. The topological polar surface area (TPSA) is 59.0 Å². The first kappa shape index (κ1) is 19.2. The van der Waals surface area contributed by atoms with Gasteiger partial charge in [-0.15, -0.1) is 24.8 Å². The lowest BCUT2D eigenvalue weighted by Crippen LogP contribution is -2.27. The smallest absolute Gasteiger partial charge is 0.220 e. The third kappa shape index (κ3) is 6.11. The molecule has 1 aromatic heterocycles. The Labute approximate surface area is 132 Å². The summed E-state index contributed by atoms with van der Waals surface area (Å²) in [4.78, 5) is 15.8. The molecular formula is C13H24Cl2N4O. The summed E-state index contributed by atoms with van der Waals surface area (Å²) in [5, 5.41) is 6.29. The Bertz CT molecular complexity index is 391. The van der Waals surface area contributed by atoms with Crippen molar-refractivity contribution in [3.8, 4) is 0 Å². The maximum atomic E-state index is 11.7. The number of nitrogens with zero attached hydrogens (tertiary/aromatic N) is 2. The van der Waals surface area contributed by atoms with Gasteiger partial charge in [0.25, 0.3) is 0 Å². The van der Waals surface area contributed by atoms with Crippen LogP contribution in [0.3, 0.4) is 0 Å². The molecule has 1 fully saturated rings. The molecule has 1 aliphatic rings. The molecular weight excluding hydrogens is 299 g/mol. The van der Waals surface area contributed by atoms with Gasteiger partial charge < -0.3 is 15.2 Å². The average Bonchev–Trinajstić information content (AvgIpc) is 2.99. The van der Waals surface area contributed by atoms with E-state index >= 15 is 0 Å². The summed E-state index contributed by atoms with van der Waals surface area (Å²) in [6, 6.07) is 0. The predicted octanol–water partition coefficient (Wildman–Crippen LogP) is 1.54. The van der Waals surface area contributed by atoms with Gasteiger partial charge in [0.1, 0.15) is 5.82 Å². The zero-order chi connectivity index (χ0) is 12.8. The number of carbonyl (C=O) groups is 1. The van der Waals surface area contributed by atoms with Gasteiger partial charge in [0, 0.05) is 31.9 Å². The van der Waals surface area contributed by atoms with Crippen molar-refractivity contribution in [3.63, 3.8) is 0 Å². The van der Waals surface area contributed by atoms with Gasteiger partial charge in [-0.05, 0) is 38.8 Å². The average molecular weight is 323 g/mol. The van der Waals surface area contributed by atoms with Gasteiger partial charge in [-0.2, -0.15) is 0 Å². The van der Waals surface area contributed by atoms with Gasteiger partial charge in [-0.25, -0.2) is 4.98 Å². The highest BCUT2D eigenvalue weighted by atomic mass is 35.5. The fourth-order valence-electron chi connectivity index (χ4n) is 2.34. The summed E-state index contributed by atoms with van der Waals surface area (Å²) in [7, 11) is 0. The van der Waals surface area contributed by atoms with E-state index in [1.54, 1.807) is 6.20 Å². The van der Waals surface area contributed by atoms with Gasteiger partial charge >= 0.3 is 0 Å². The molecule has 0 aromatic carbocycles. The SMILES string of the molecule is Cc1nccn1CCNC(=O)CCC1CCNC1.Cl.Cl. The van der Waals surface area contributed by atoms with Gasteiger partial charge in [-0.3, -0.25) is 4.79 Å². The minimum Gasteiger partial charge on any atom is -0.354 e. The number of nitrogens with one attached hydrogen (secondary N) is 2. The minimum atomic E-state index is 0. The van der Waals surface area contributed by atoms with Crippen molar-refractivity contribution in [2.24, 2.45) is 5.92 Å². The van der Waals surface area contributed by atoms with Crippen molar-refractivity contribution < 1.29 is 4.79 Å². The van der Waals surface area contributed by atoms with E-state index in [2.05, 4.69) is 15.6 Å². The molecule has 1 amide bonds. The van der Waals surface area contributed by atoms with Crippen LogP contribution in [-0.4, -0.2) is 35.1 Å². The van der Waals surface area contributed by atoms with Crippen LogP contribution in [0.5, 0.6) is 0 Å². The molecule has 7 heteroatoms. The van der Waals surface area contributed by atoms with Crippen LogP contribution in [0.1, 0.15) is 25.1 Å². The van der Waals surface area contributed by atoms with E-state index in [0.29, 0.717) is 18.9 Å². The summed E-state index contributed by atoms with van der Waals surface area (Å²) in [5.74, 6) is 1.84. The molecule has 1 aliphatic heterocycles. The standard InChI is InChI=1S/C13H22N4O.2ClH/c1-11-15-6-8-17(11)9-7-16-13(18)3-2-12-4-5-14-10-12;;/h6,8,12,14H,2-5,7,9-10H2,1H3,(H,16,18);2*1H. The van der Waals surface area contributed by atoms with E-state index in [9.17, 15) is 4.79 Å². The molecule has 5 nitrogen and oxygen atoms in total. The summed E-state index contributed by atoms with van der Waals surface area (Å²) in [5.41, 5.74) is 0. The van der Waals surface area contributed by atoms with E-state index in [4.69, 9.17) is 0 Å². The van der Waals surface area contributed by atoms with Crippen LogP contribution >= 0.6 is 24.8 Å². The first-order chi connectivity index (χ1) is 8.75. The largest absolute Gasteiger partial charge is 0.354 e. The Morgan fingerprint density at radius 1 is 1.55 bits per heavy atom. The number of carbonyl (C=O) groups excluding carboxylic acids is 1. The molecule has 0 bridgehead atoms. The number of hydrogen-bond acceptors (Lipinski definition) is 3. The highest BCUT2D eigenvalue weighted by molar-refractivity contribution is 5.85. The third-order valence-electron chi connectivity index (χ3n) is 3.54. The van der Waals surface area contributed by atoms with Crippen molar-refractivity contribution in [2.45, 2.75) is 32.7 Å². The normalized spacial score (nSPS) is 17.1. The summed E-state index contributed by atoms with van der Waals surface area (Å²) < 4.78 is 2.04. The molecule has 2 heterocycles. The number of imidazole rings is 1. The van der Waals surface area contributed by atoms with Crippen LogP contribution in [-0.2, 0) is 11.3 Å². The molecule has 0 radical (unpaired) electrons. The van der Waals surface area contributed by atoms with Crippen molar-refractivity contribution in [1.82, 2.24) is 20.2 Å². The molecule has 116 valence electrons. The number of halogens is 2. The summed E-state index contributed by atoms with van der Waals surface area (Å²) in [6.45, 7) is 5.62. The van der Waals surface area contributed by atoms with Gasteiger partial charge in [-0.1, -0.05) is 0 Å². The van der Waals surface area contributed by atoms with Gasteiger partial charge in [0.2, 0.25) is 5.91 Å². The molecule has 0 saturated carbocycles. The monoisotopic (exact) mass is 322 g/mol. The Morgan fingerprint density at radius 3 is 2.95 bits per heavy atom. The number of hydrogen-bond donors (Lipinski definition) is 2. The van der Waals surface area contributed by atoms with Crippen LogP contribution in [0.25, 0.3) is 0 Å². The lowest BCUT2D eigenvalue weighted by atomic mass is 10.0. The fourth-order valence-corrected chi connectivity index (χ4v) is 2.34. The van der Waals surface area contributed by atoms with Gasteiger partial charge in [0.05, 0.1) is 0 Å². The molecule has 0 spiro atoms. The quantitative estimate of drug-likeness (QED) is 0.835. The van der Waals surface area contributed by atoms with Crippen molar-refractivity contribution in [2.75, 3.05) is 19.6 Å². The van der Waals surface area contributed by atoms with Crippen LogP contribution in [0, 0.1) is 12.8 Å². The molecule has 1 unspecified atom stereocenters. The molecule has 1 atom stereocenters. The lowest BCUT2D eigenvalue weighted by molar-refractivity contribution is -0.121. The van der Waals surface area contributed by atoms with Crippen LogP contribution in [0.15, 0.2) is 12.4 Å². The van der Waals surface area contributed by atoms with Crippen molar-refractivity contribution in [3.05, 3.63) is 18.2 Å².